The average Bonchev–Trinajstić information content (AvgIpc) is 2.31. The van der Waals surface area contributed by atoms with Crippen LogP contribution in [0.15, 0.2) is 0 Å². The molecule has 1 aliphatic rings. The first kappa shape index (κ1) is 7.98. The highest BCUT2D eigenvalue weighted by Crippen LogP contribution is 2.14. The Hall–Kier alpha value is -0.120. The lowest BCUT2D eigenvalue weighted by atomic mass is 10.2. The van der Waals surface area contributed by atoms with Gasteiger partial charge in [-0.25, -0.2) is 0 Å². The van der Waals surface area contributed by atoms with Gasteiger partial charge in [0.15, 0.2) is 6.29 Å². The van der Waals surface area contributed by atoms with Crippen LogP contribution in [0.4, 0.5) is 0 Å². The minimum Gasteiger partial charge on any atom is -0.396 e. The summed E-state index contributed by atoms with van der Waals surface area (Å²) in [5.74, 6) is 0. The fourth-order valence-corrected chi connectivity index (χ4v) is 1.06. The molecule has 0 aromatic heterocycles. The van der Waals surface area contributed by atoms with Gasteiger partial charge in [-0.2, -0.15) is 0 Å². The third-order valence-electron chi connectivity index (χ3n) is 1.59. The van der Waals surface area contributed by atoms with Crippen molar-refractivity contribution in [3.8, 4) is 0 Å². The molecule has 1 rings (SSSR count). The molecule has 1 fully saturated rings. The molecule has 0 amide bonds. The minimum atomic E-state index is -0.0521. The van der Waals surface area contributed by atoms with E-state index in [1.807, 2.05) is 6.92 Å². The van der Waals surface area contributed by atoms with Gasteiger partial charge in [-0.1, -0.05) is 0 Å². The van der Waals surface area contributed by atoms with Crippen LogP contribution < -0.4 is 0 Å². The van der Waals surface area contributed by atoms with E-state index < -0.39 is 0 Å². The predicted molar refractivity (Wildman–Crippen MR) is 36.6 cm³/mol. The summed E-state index contributed by atoms with van der Waals surface area (Å²) < 4.78 is 10.5. The third kappa shape index (κ3) is 2.25. The predicted octanol–water partition coefficient (Wildman–Crippen LogP) is 0.520. The number of aliphatic hydroxyl groups is 1. The van der Waals surface area contributed by atoms with E-state index in [4.69, 9.17) is 14.6 Å². The summed E-state index contributed by atoms with van der Waals surface area (Å²) >= 11 is 0. The van der Waals surface area contributed by atoms with Gasteiger partial charge in [0.05, 0.1) is 12.7 Å². The summed E-state index contributed by atoms with van der Waals surface area (Å²) in [5.41, 5.74) is 0. The summed E-state index contributed by atoms with van der Waals surface area (Å²) in [6, 6.07) is 0. The molecule has 0 saturated carbocycles. The monoisotopic (exact) mass is 146 g/mol. The molecule has 1 saturated heterocycles. The van der Waals surface area contributed by atoms with Crippen LogP contribution in [-0.4, -0.2) is 30.7 Å². The van der Waals surface area contributed by atoms with E-state index >= 15 is 0 Å². The number of hydrogen-bond donors (Lipinski definition) is 1. The molecule has 3 heteroatoms. The Balaban J connectivity index is 2.06. The summed E-state index contributed by atoms with van der Waals surface area (Å²) in [4.78, 5) is 0. The van der Waals surface area contributed by atoms with E-state index in [1.54, 1.807) is 0 Å². The fraction of sp³-hybridized carbons (Fsp3) is 1.00. The summed E-state index contributed by atoms with van der Waals surface area (Å²) in [6.07, 6.45) is 1.87. The van der Waals surface area contributed by atoms with Crippen molar-refractivity contribution in [2.24, 2.45) is 0 Å². The second-order valence-corrected chi connectivity index (χ2v) is 2.52. The van der Waals surface area contributed by atoms with Crippen molar-refractivity contribution in [1.82, 2.24) is 0 Å². The number of rotatable bonds is 3. The molecule has 0 aromatic rings. The van der Waals surface area contributed by atoms with E-state index in [-0.39, 0.29) is 19.0 Å². The highest BCUT2D eigenvalue weighted by molar-refractivity contribution is 4.62. The molecule has 0 bridgehead atoms. The van der Waals surface area contributed by atoms with Crippen LogP contribution in [0.5, 0.6) is 0 Å². The van der Waals surface area contributed by atoms with Crippen molar-refractivity contribution in [2.75, 3.05) is 13.2 Å². The van der Waals surface area contributed by atoms with Gasteiger partial charge in [0.2, 0.25) is 0 Å². The Morgan fingerprint density at radius 2 is 2.40 bits per heavy atom. The zero-order valence-electron chi connectivity index (χ0n) is 6.25. The van der Waals surface area contributed by atoms with Crippen molar-refractivity contribution in [2.45, 2.75) is 32.2 Å². The van der Waals surface area contributed by atoms with Crippen LogP contribution >= 0.6 is 0 Å². The van der Waals surface area contributed by atoms with Crippen LogP contribution in [-0.2, 0) is 9.47 Å². The van der Waals surface area contributed by atoms with Gasteiger partial charge in [-0.05, 0) is 19.8 Å². The van der Waals surface area contributed by atoms with Gasteiger partial charge in [0.1, 0.15) is 0 Å². The largest absolute Gasteiger partial charge is 0.396 e. The lowest BCUT2D eigenvalue weighted by molar-refractivity contribution is -0.0438. The Morgan fingerprint density at radius 3 is 2.90 bits per heavy atom. The van der Waals surface area contributed by atoms with Crippen molar-refractivity contribution >= 4 is 0 Å². The topological polar surface area (TPSA) is 38.7 Å². The molecular formula is C7H14O3. The number of aliphatic hydroxyl groups excluding tert-OH is 1. The van der Waals surface area contributed by atoms with Crippen LogP contribution in [0, 0.1) is 0 Å². The van der Waals surface area contributed by atoms with Gasteiger partial charge in [0, 0.05) is 6.61 Å². The molecule has 1 unspecified atom stereocenters. The van der Waals surface area contributed by atoms with Crippen molar-refractivity contribution in [1.29, 1.82) is 0 Å². The van der Waals surface area contributed by atoms with Crippen molar-refractivity contribution in [3.05, 3.63) is 0 Å². The van der Waals surface area contributed by atoms with E-state index in [2.05, 4.69) is 0 Å². The average molecular weight is 146 g/mol. The highest BCUT2D eigenvalue weighted by Gasteiger charge is 2.21. The normalized spacial score (nSPS) is 33.0. The van der Waals surface area contributed by atoms with Crippen molar-refractivity contribution in [3.63, 3.8) is 0 Å². The van der Waals surface area contributed by atoms with E-state index in [0.29, 0.717) is 6.61 Å². The van der Waals surface area contributed by atoms with E-state index in [1.165, 1.54) is 0 Å². The molecule has 1 heterocycles. The maximum atomic E-state index is 8.50. The molecule has 0 aliphatic carbocycles. The van der Waals surface area contributed by atoms with Crippen LogP contribution in [0.3, 0.4) is 0 Å². The van der Waals surface area contributed by atoms with Crippen LogP contribution in [0.2, 0.25) is 0 Å². The minimum absolute atomic E-state index is 0.0521. The van der Waals surface area contributed by atoms with Gasteiger partial charge < -0.3 is 14.6 Å². The smallest absolute Gasteiger partial charge is 0.155 e. The standard InChI is InChI=1S/C7H14O3/c1-6-9-5-7(10-6)3-2-4-8/h6-8H,2-5H2,1H3/t6?,7-/m0/s1. The lowest BCUT2D eigenvalue weighted by Crippen LogP contribution is -2.10. The van der Waals surface area contributed by atoms with Gasteiger partial charge in [-0.3, -0.25) is 0 Å². The Bertz CT molecular complexity index is 94.9. The number of ether oxygens (including phenoxy) is 2. The molecule has 60 valence electrons. The first-order chi connectivity index (χ1) is 4.83. The maximum absolute atomic E-state index is 8.50. The first-order valence-corrected chi connectivity index (χ1v) is 3.71. The highest BCUT2D eigenvalue weighted by atomic mass is 16.7. The quantitative estimate of drug-likeness (QED) is 0.631. The van der Waals surface area contributed by atoms with Gasteiger partial charge in [-0.15, -0.1) is 0 Å². The van der Waals surface area contributed by atoms with Crippen LogP contribution in [0.1, 0.15) is 19.8 Å². The third-order valence-corrected chi connectivity index (χ3v) is 1.59. The van der Waals surface area contributed by atoms with Crippen LogP contribution in [0.25, 0.3) is 0 Å². The van der Waals surface area contributed by atoms with Gasteiger partial charge in [0.25, 0.3) is 0 Å². The SMILES string of the molecule is CC1OC[C@H](CCCO)O1. The molecule has 1 N–H and O–H groups in total. The van der Waals surface area contributed by atoms with Gasteiger partial charge >= 0.3 is 0 Å². The zero-order chi connectivity index (χ0) is 7.40. The van der Waals surface area contributed by atoms with E-state index in [9.17, 15) is 0 Å². The molecule has 10 heavy (non-hydrogen) atoms. The molecule has 2 atom stereocenters. The summed E-state index contributed by atoms with van der Waals surface area (Å²) in [5, 5.41) is 8.50. The number of hydrogen-bond acceptors (Lipinski definition) is 3. The zero-order valence-corrected chi connectivity index (χ0v) is 6.25. The molecule has 3 nitrogen and oxygen atoms in total. The molecule has 0 spiro atoms. The molecule has 0 radical (unpaired) electrons. The lowest BCUT2D eigenvalue weighted by Gasteiger charge is -2.05. The summed E-state index contributed by atoms with van der Waals surface area (Å²) in [6.45, 7) is 2.81. The second kappa shape index (κ2) is 3.91. The molecule has 0 aromatic carbocycles. The first-order valence-electron chi connectivity index (χ1n) is 3.71. The Labute approximate surface area is 60.9 Å². The fourth-order valence-electron chi connectivity index (χ4n) is 1.06. The maximum Gasteiger partial charge on any atom is 0.155 e. The summed E-state index contributed by atoms with van der Waals surface area (Å²) in [7, 11) is 0. The van der Waals surface area contributed by atoms with Crippen molar-refractivity contribution < 1.29 is 14.6 Å². The molecule has 1 aliphatic heterocycles. The van der Waals surface area contributed by atoms with E-state index in [0.717, 1.165) is 12.8 Å². The Morgan fingerprint density at radius 1 is 1.60 bits per heavy atom. The Kier molecular flexibility index (Phi) is 3.12. The molecular weight excluding hydrogens is 132 g/mol. The second-order valence-electron chi connectivity index (χ2n) is 2.52.